The van der Waals surface area contributed by atoms with Gasteiger partial charge in [-0.15, -0.1) is 6.58 Å². The van der Waals surface area contributed by atoms with E-state index in [1.165, 1.54) is 51.1 Å². The highest BCUT2D eigenvalue weighted by atomic mass is 15.1. The molecule has 0 spiro atoms. The molecule has 15 heavy (non-hydrogen) atoms. The van der Waals surface area contributed by atoms with Crippen molar-refractivity contribution in [1.29, 1.82) is 0 Å². The van der Waals surface area contributed by atoms with E-state index in [9.17, 15) is 0 Å². The fraction of sp³-hybridized carbons (Fsp3) is 0.846. The first-order chi connectivity index (χ1) is 7.22. The lowest BCUT2D eigenvalue weighted by molar-refractivity contribution is 0.215. The van der Waals surface area contributed by atoms with Gasteiger partial charge in [-0.25, -0.2) is 0 Å². The molecule has 1 aliphatic rings. The molecule has 0 aromatic heterocycles. The topological polar surface area (TPSA) is 15.3 Å². The Morgan fingerprint density at radius 1 is 1.40 bits per heavy atom. The molecule has 0 amide bonds. The molecule has 0 bridgehead atoms. The molecule has 1 saturated heterocycles. The molecule has 0 aliphatic carbocycles. The largest absolute Gasteiger partial charge is 0.317 e. The Hall–Kier alpha value is -0.340. The van der Waals surface area contributed by atoms with E-state index in [2.05, 4.69) is 30.6 Å². The molecule has 1 fully saturated rings. The smallest absolute Gasteiger partial charge is 0.00184 e. The SMILES string of the molecule is C=C(C)CCN(CC)CC1CCNCC1. The van der Waals surface area contributed by atoms with Crippen molar-refractivity contribution in [1.82, 2.24) is 10.2 Å². The van der Waals surface area contributed by atoms with E-state index >= 15 is 0 Å². The molecule has 0 unspecified atom stereocenters. The Morgan fingerprint density at radius 2 is 2.07 bits per heavy atom. The van der Waals surface area contributed by atoms with Gasteiger partial charge in [0.25, 0.3) is 0 Å². The maximum Gasteiger partial charge on any atom is 0.00184 e. The summed E-state index contributed by atoms with van der Waals surface area (Å²) in [5, 5.41) is 3.42. The van der Waals surface area contributed by atoms with Gasteiger partial charge in [0, 0.05) is 13.1 Å². The number of nitrogens with zero attached hydrogens (tertiary/aromatic N) is 1. The highest BCUT2D eigenvalue weighted by molar-refractivity contribution is 4.88. The van der Waals surface area contributed by atoms with Crippen molar-refractivity contribution >= 4 is 0 Å². The van der Waals surface area contributed by atoms with Crippen LogP contribution in [0.1, 0.15) is 33.1 Å². The van der Waals surface area contributed by atoms with Crippen LogP contribution in [0.15, 0.2) is 12.2 Å². The van der Waals surface area contributed by atoms with Gasteiger partial charge in [0.15, 0.2) is 0 Å². The molecule has 0 aromatic carbocycles. The lowest BCUT2D eigenvalue weighted by Gasteiger charge is -2.29. The van der Waals surface area contributed by atoms with Gasteiger partial charge in [-0.1, -0.05) is 12.5 Å². The van der Waals surface area contributed by atoms with E-state index in [4.69, 9.17) is 0 Å². The average Bonchev–Trinajstić information content (AvgIpc) is 2.25. The molecule has 1 aliphatic heterocycles. The first-order valence-corrected chi connectivity index (χ1v) is 6.29. The van der Waals surface area contributed by atoms with Crippen LogP contribution in [-0.4, -0.2) is 37.6 Å². The van der Waals surface area contributed by atoms with Gasteiger partial charge in [-0.2, -0.15) is 0 Å². The van der Waals surface area contributed by atoms with Crippen molar-refractivity contribution in [2.75, 3.05) is 32.7 Å². The summed E-state index contributed by atoms with van der Waals surface area (Å²) < 4.78 is 0. The van der Waals surface area contributed by atoms with Crippen molar-refractivity contribution in [2.45, 2.75) is 33.1 Å². The molecule has 0 aromatic rings. The lowest BCUT2D eigenvalue weighted by Crippen LogP contribution is -2.36. The molecule has 2 nitrogen and oxygen atoms in total. The molecule has 0 atom stereocenters. The molecule has 2 heteroatoms. The normalized spacial score (nSPS) is 18.3. The number of nitrogens with one attached hydrogen (secondary N) is 1. The van der Waals surface area contributed by atoms with E-state index in [1.807, 2.05) is 0 Å². The van der Waals surface area contributed by atoms with Gasteiger partial charge >= 0.3 is 0 Å². The second-order valence-corrected chi connectivity index (χ2v) is 4.79. The third-order valence-electron chi connectivity index (χ3n) is 3.28. The molecule has 0 saturated carbocycles. The monoisotopic (exact) mass is 210 g/mol. The Kier molecular flexibility index (Phi) is 5.96. The zero-order valence-corrected chi connectivity index (χ0v) is 10.4. The van der Waals surface area contributed by atoms with Gasteiger partial charge < -0.3 is 10.2 Å². The average molecular weight is 210 g/mol. The van der Waals surface area contributed by atoms with E-state index in [0.29, 0.717) is 0 Å². The summed E-state index contributed by atoms with van der Waals surface area (Å²) in [5.41, 5.74) is 1.30. The number of rotatable bonds is 6. The lowest BCUT2D eigenvalue weighted by atomic mass is 9.97. The number of piperidine rings is 1. The maximum atomic E-state index is 3.97. The molecular weight excluding hydrogens is 184 g/mol. The number of hydrogen-bond acceptors (Lipinski definition) is 2. The van der Waals surface area contributed by atoms with E-state index in [-0.39, 0.29) is 0 Å². The van der Waals surface area contributed by atoms with Crippen LogP contribution in [0.5, 0.6) is 0 Å². The Morgan fingerprint density at radius 3 is 2.60 bits per heavy atom. The summed E-state index contributed by atoms with van der Waals surface area (Å²) in [6.45, 7) is 14.4. The molecule has 0 radical (unpaired) electrons. The molecule has 88 valence electrons. The first-order valence-electron chi connectivity index (χ1n) is 6.29. The first kappa shape index (κ1) is 12.7. The summed E-state index contributed by atoms with van der Waals surface area (Å²) >= 11 is 0. The van der Waals surface area contributed by atoms with Crippen LogP contribution in [0.25, 0.3) is 0 Å². The van der Waals surface area contributed by atoms with Gasteiger partial charge in [0.1, 0.15) is 0 Å². The van der Waals surface area contributed by atoms with Crippen LogP contribution >= 0.6 is 0 Å². The van der Waals surface area contributed by atoms with Gasteiger partial charge in [-0.3, -0.25) is 0 Å². The molecule has 1 rings (SSSR count). The standard InChI is InChI=1S/C13H26N2/c1-4-15(10-7-12(2)3)11-13-5-8-14-9-6-13/h13-14H,2,4-11H2,1,3H3. The molecule has 1 heterocycles. The minimum atomic E-state index is 0.913. The van der Waals surface area contributed by atoms with Crippen LogP contribution in [0.3, 0.4) is 0 Å². The fourth-order valence-corrected chi connectivity index (χ4v) is 2.16. The number of hydrogen-bond donors (Lipinski definition) is 1. The molecular formula is C13H26N2. The third-order valence-corrected chi connectivity index (χ3v) is 3.28. The van der Waals surface area contributed by atoms with Crippen molar-refractivity contribution in [3.05, 3.63) is 12.2 Å². The second kappa shape index (κ2) is 7.02. The third kappa shape index (κ3) is 5.33. The van der Waals surface area contributed by atoms with Crippen LogP contribution < -0.4 is 5.32 Å². The highest BCUT2D eigenvalue weighted by Crippen LogP contribution is 2.13. The predicted molar refractivity (Wildman–Crippen MR) is 67.1 cm³/mol. The zero-order valence-electron chi connectivity index (χ0n) is 10.4. The Balaban J connectivity index is 2.22. The minimum absolute atomic E-state index is 0.913. The minimum Gasteiger partial charge on any atom is -0.317 e. The van der Waals surface area contributed by atoms with Crippen molar-refractivity contribution in [3.63, 3.8) is 0 Å². The van der Waals surface area contributed by atoms with Crippen LogP contribution in [0.4, 0.5) is 0 Å². The van der Waals surface area contributed by atoms with Gasteiger partial charge in [-0.05, 0) is 51.7 Å². The summed E-state index contributed by atoms with van der Waals surface area (Å²) in [7, 11) is 0. The zero-order chi connectivity index (χ0) is 11.1. The van der Waals surface area contributed by atoms with E-state index in [1.54, 1.807) is 0 Å². The second-order valence-electron chi connectivity index (χ2n) is 4.79. The molecule has 1 N–H and O–H groups in total. The predicted octanol–water partition coefficient (Wildman–Crippen LogP) is 2.27. The maximum absolute atomic E-state index is 3.97. The Labute approximate surface area is 94.7 Å². The van der Waals surface area contributed by atoms with Crippen molar-refractivity contribution < 1.29 is 0 Å². The summed E-state index contributed by atoms with van der Waals surface area (Å²) in [4.78, 5) is 2.57. The summed E-state index contributed by atoms with van der Waals surface area (Å²) in [5.74, 6) is 0.913. The van der Waals surface area contributed by atoms with Gasteiger partial charge in [0.05, 0.1) is 0 Å². The van der Waals surface area contributed by atoms with Crippen LogP contribution in [0.2, 0.25) is 0 Å². The Bertz CT molecular complexity index is 183. The quantitative estimate of drug-likeness (QED) is 0.677. The van der Waals surface area contributed by atoms with Crippen LogP contribution in [-0.2, 0) is 0 Å². The van der Waals surface area contributed by atoms with Crippen molar-refractivity contribution in [3.8, 4) is 0 Å². The van der Waals surface area contributed by atoms with E-state index in [0.717, 1.165) is 12.3 Å². The van der Waals surface area contributed by atoms with E-state index < -0.39 is 0 Å². The van der Waals surface area contributed by atoms with Crippen LogP contribution in [0, 0.1) is 5.92 Å². The fourth-order valence-electron chi connectivity index (χ4n) is 2.16. The van der Waals surface area contributed by atoms with Gasteiger partial charge in [0.2, 0.25) is 0 Å². The summed E-state index contributed by atoms with van der Waals surface area (Å²) in [6.07, 6.45) is 3.85. The van der Waals surface area contributed by atoms with Crippen molar-refractivity contribution in [2.24, 2.45) is 5.92 Å². The highest BCUT2D eigenvalue weighted by Gasteiger charge is 2.15. The summed E-state index contributed by atoms with van der Waals surface area (Å²) in [6, 6.07) is 0.